The highest BCUT2D eigenvalue weighted by molar-refractivity contribution is 14.0. The molecule has 1 unspecified atom stereocenters. The molecule has 2 N–H and O–H groups in total. The highest BCUT2D eigenvalue weighted by Gasteiger charge is 2.05. The van der Waals surface area contributed by atoms with Crippen molar-refractivity contribution in [3.63, 3.8) is 0 Å². The zero-order chi connectivity index (χ0) is 14.8. The first-order valence-electron chi connectivity index (χ1n) is 6.51. The maximum Gasteiger partial charge on any atom is 0.191 e. The van der Waals surface area contributed by atoms with E-state index in [4.69, 9.17) is 9.47 Å². The Morgan fingerprint density at radius 2 is 1.95 bits per heavy atom. The summed E-state index contributed by atoms with van der Waals surface area (Å²) in [6.07, 6.45) is -0.0681. The third-order valence-corrected chi connectivity index (χ3v) is 2.53. The van der Waals surface area contributed by atoms with E-state index in [9.17, 15) is 4.39 Å². The highest BCUT2D eigenvalue weighted by atomic mass is 127. The summed E-state index contributed by atoms with van der Waals surface area (Å²) < 4.78 is 23.4. The highest BCUT2D eigenvalue weighted by Crippen LogP contribution is 2.12. The van der Waals surface area contributed by atoms with Gasteiger partial charge in [0.05, 0.1) is 13.2 Å². The molecular formula is C14H23FIN3O2. The fourth-order valence-electron chi connectivity index (χ4n) is 1.52. The first-order chi connectivity index (χ1) is 9.65. The summed E-state index contributed by atoms with van der Waals surface area (Å²) >= 11 is 0. The van der Waals surface area contributed by atoms with Gasteiger partial charge in [0.2, 0.25) is 0 Å². The van der Waals surface area contributed by atoms with Crippen LogP contribution in [0.5, 0.6) is 5.75 Å². The van der Waals surface area contributed by atoms with E-state index in [1.165, 1.54) is 12.1 Å². The maximum atomic E-state index is 12.8. The van der Waals surface area contributed by atoms with E-state index in [0.29, 0.717) is 31.4 Å². The molecule has 0 saturated heterocycles. The predicted octanol–water partition coefficient (Wildman–Crippen LogP) is 2.02. The fourth-order valence-corrected chi connectivity index (χ4v) is 1.52. The molecule has 1 rings (SSSR count). The Hall–Kier alpha value is -1.09. The van der Waals surface area contributed by atoms with E-state index in [0.717, 1.165) is 0 Å². The minimum atomic E-state index is -0.272. The monoisotopic (exact) mass is 411 g/mol. The number of hydrogen-bond donors (Lipinski definition) is 2. The number of nitrogens with one attached hydrogen (secondary N) is 2. The van der Waals surface area contributed by atoms with Crippen molar-refractivity contribution in [1.29, 1.82) is 0 Å². The summed E-state index contributed by atoms with van der Waals surface area (Å²) in [4.78, 5) is 4.08. The number of aliphatic imine (C=N–C) groups is 1. The zero-order valence-corrected chi connectivity index (χ0v) is 14.9. The van der Waals surface area contributed by atoms with Crippen molar-refractivity contribution in [3.05, 3.63) is 30.1 Å². The Morgan fingerprint density at radius 1 is 1.29 bits per heavy atom. The van der Waals surface area contributed by atoms with Crippen molar-refractivity contribution >= 4 is 29.9 Å². The molecule has 1 atom stereocenters. The Bertz CT molecular complexity index is 415. The molecule has 0 heterocycles. The molecule has 0 aliphatic carbocycles. The minimum absolute atomic E-state index is 0. The molecule has 21 heavy (non-hydrogen) atoms. The normalized spacial score (nSPS) is 12.3. The second-order valence-corrected chi connectivity index (χ2v) is 4.26. The molecule has 0 aliphatic rings. The molecule has 7 heteroatoms. The molecule has 0 aliphatic heterocycles. The van der Waals surface area contributed by atoms with Gasteiger partial charge in [-0.2, -0.15) is 0 Å². The van der Waals surface area contributed by atoms with Crippen LogP contribution in [0.2, 0.25) is 0 Å². The van der Waals surface area contributed by atoms with Crippen molar-refractivity contribution in [2.75, 3.05) is 33.9 Å². The molecule has 1 aromatic rings. The third-order valence-electron chi connectivity index (χ3n) is 2.53. The van der Waals surface area contributed by atoms with Gasteiger partial charge in [-0.05, 0) is 31.2 Å². The lowest BCUT2D eigenvalue weighted by atomic mass is 10.3. The Labute approximate surface area is 142 Å². The Morgan fingerprint density at radius 3 is 2.52 bits per heavy atom. The Balaban J connectivity index is 0.00000400. The fraction of sp³-hybridized carbons (Fsp3) is 0.500. The van der Waals surface area contributed by atoms with Crippen molar-refractivity contribution in [2.24, 2.45) is 4.99 Å². The number of guanidine groups is 1. The van der Waals surface area contributed by atoms with Gasteiger partial charge in [0.1, 0.15) is 17.7 Å². The van der Waals surface area contributed by atoms with Gasteiger partial charge in [-0.15, -0.1) is 24.0 Å². The second kappa shape index (κ2) is 11.6. The Kier molecular flexibility index (Phi) is 11.0. The first-order valence-corrected chi connectivity index (χ1v) is 6.51. The van der Waals surface area contributed by atoms with Crippen LogP contribution in [0, 0.1) is 5.82 Å². The van der Waals surface area contributed by atoms with E-state index in [1.807, 2.05) is 6.92 Å². The van der Waals surface area contributed by atoms with Crippen molar-refractivity contribution in [1.82, 2.24) is 10.6 Å². The van der Waals surface area contributed by atoms with E-state index in [-0.39, 0.29) is 35.9 Å². The van der Waals surface area contributed by atoms with E-state index in [2.05, 4.69) is 15.6 Å². The lowest BCUT2D eigenvalue weighted by molar-refractivity contribution is 0.203. The van der Waals surface area contributed by atoms with Gasteiger partial charge < -0.3 is 20.1 Å². The maximum absolute atomic E-state index is 12.8. The zero-order valence-electron chi connectivity index (χ0n) is 12.6. The summed E-state index contributed by atoms with van der Waals surface area (Å²) in [6, 6.07) is 5.97. The minimum Gasteiger partial charge on any atom is -0.489 e. The first kappa shape index (κ1) is 19.9. The van der Waals surface area contributed by atoms with Crippen LogP contribution in [0.3, 0.4) is 0 Å². The lowest BCUT2D eigenvalue weighted by Crippen LogP contribution is -2.42. The molecule has 5 nitrogen and oxygen atoms in total. The second-order valence-electron chi connectivity index (χ2n) is 4.26. The summed E-state index contributed by atoms with van der Waals surface area (Å²) in [5, 5.41) is 6.25. The van der Waals surface area contributed by atoms with Crippen LogP contribution < -0.4 is 15.4 Å². The van der Waals surface area contributed by atoms with Crippen LogP contribution in [0.1, 0.15) is 6.92 Å². The van der Waals surface area contributed by atoms with Gasteiger partial charge in [-0.1, -0.05) is 0 Å². The molecule has 0 spiro atoms. The summed E-state index contributed by atoms with van der Waals surface area (Å²) in [6.45, 7) is 3.81. The molecule has 0 fully saturated rings. The third kappa shape index (κ3) is 8.71. The summed E-state index contributed by atoms with van der Waals surface area (Å²) in [5.41, 5.74) is 0. The van der Waals surface area contributed by atoms with Crippen molar-refractivity contribution < 1.29 is 13.9 Å². The van der Waals surface area contributed by atoms with Gasteiger partial charge in [0.25, 0.3) is 0 Å². The van der Waals surface area contributed by atoms with Crippen LogP contribution in [0.15, 0.2) is 29.3 Å². The number of halogens is 2. The van der Waals surface area contributed by atoms with Crippen LogP contribution in [0.25, 0.3) is 0 Å². The van der Waals surface area contributed by atoms with Crippen LogP contribution in [0.4, 0.5) is 4.39 Å². The molecular weight excluding hydrogens is 388 g/mol. The number of rotatable bonds is 7. The summed E-state index contributed by atoms with van der Waals surface area (Å²) in [5.74, 6) is 1.06. The summed E-state index contributed by atoms with van der Waals surface area (Å²) in [7, 11) is 3.35. The van der Waals surface area contributed by atoms with Gasteiger partial charge in [-0.3, -0.25) is 4.99 Å². The topological polar surface area (TPSA) is 54.9 Å². The lowest BCUT2D eigenvalue weighted by Gasteiger charge is -2.17. The van der Waals surface area contributed by atoms with E-state index >= 15 is 0 Å². The predicted molar refractivity (Wildman–Crippen MR) is 93.1 cm³/mol. The van der Waals surface area contributed by atoms with Crippen molar-refractivity contribution in [2.45, 2.75) is 13.0 Å². The number of hydrogen-bond acceptors (Lipinski definition) is 3. The average Bonchev–Trinajstić information content (AvgIpc) is 2.45. The largest absolute Gasteiger partial charge is 0.489 e. The number of benzene rings is 1. The quantitative estimate of drug-likeness (QED) is 0.312. The molecule has 0 saturated carbocycles. The number of methoxy groups -OCH3 is 1. The molecule has 0 aromatic heterocycles. The van der Waals surface area contributed by atoms with Gasteiger partial charge in [0.15, 0.2) is 5.96 Å². The number of nitrogens with zero attached hydrogens (tertiary/aromatic N) is 1. The van der Waals surface area contributed by atoms with Crippen molar-refractivity contribution in [3.8, 4) is 5.75 Å². The molecule has 1 aromatic carbocycles. The molecule has 0 radical (unpaired) electrons. The van der Waals surface area contributed by atoms with Crippen LogP contribution in [-0.2, 0) is 4.74 Å². The molecule has 0 amide bonds. The van der Waals surface area contributed by atoms with Crippen LogP contribution >= 0.6 is 24.0 Å². The average molecular weight is 411 g/mol. The van der Waals surface area contributed by atoms with Gasteiger partial charge in [-0.25, -0.2) is 4.39 Å². The smallest absolute Gasteiger partial charge is 0.191 e. The van der Waals surface area contributed by atoms with E-state index < -0.39 is 0 Å². The standard InChI is InChI=1S/C14H22FN3O2.HI/c1-11(20-13-6-4-12(15)5-7-13)10-18-14(16-2)17-8-9-19-3;/h4-7,11H,8-10H2,1-3H3,(H2,16,17,18);1H. The van der Waals surface area contributed by atoms with Gasteiger partial charge in [0, 0.05) is 20.7 Å². The van der Waals surface area contributed by atoms with Crippen LogP contribution in [-0.4, -0.2) is 45.9 Å². The number of ether oxygens (including phenoxy) is 2. The van der Waals surface area contributed by atoms with Gasteiger partial charge >= 0.3 is 0 Å². The SMILES string of the molecule is CN=C(NCCOC)NCC(C)Oc1ccc(F)cc1.I. The molecule has 120 valence electrons. The molecule has 0 bridgehead atoms. The van der Waals surface area contributed by atoms with E-state index in [1.54, 1.807) is 26.3 Å².